The number of anilines is 1. The highest BCUT2D eigenvalue weighted by Gasteiger charge is 2.17. The maximum Gasteiger partial charge on any atom is 0.259 e. The Kier molecular flexibility index (Phi) is 4.16. The average Bonchev–Trinajstić information content (AvgIpc) is 2.48. The highest BCUT2D eigenvalue weighted by Crippen LogP contribution is 2.22. The SMILES string of the molecule is CN(C(=O)c1cc(F)ccc1Br)c1ccc(C#N)cc1. The second kappa shape index (κ2) is 5.85. The van der Waals surface area contributed by atoms with Crippen molar-refractivity contribution in [2.75, 3.05) is 11.9 Å². The fourth-order valence-electron chi connectivity index (χ4n) is 1.72. The summed E-state index contributed by atoms with van der Waals surface area (Å²) >= 11 is 3.24. The molecule has 0 radical (unpaired) electrons. The lowest BCUT2D eigenvalue weighted by Crippen LogP contribution is -2.26. The Morgan fingerprint density at radius 1 is 1.25 bits per heavy atom. The van der Waals surface area contributed by atoms with Gasteiger partial charge in [-0.1, -0.05) is 0 Å². The van der Waals surface area contributed by atoms with Gasteiger partial charge in [0, 0.05) is 17.2 Å². The first kappa shape index (κ1) is 14.2. The largest absolute Gasteiger partial charge is 0.311 e. The van der Waals surface area contributed by atoms with E-state index in [4.69, 9.17) is 5.26 Å². The number of amides is 1. The van der Waals surface area contributed by atoms with Crippen molar-refractivity contribution in [3.63, 3.8) is 0 Å². The van der Waals surface area contributed by atoms with E-state index in [0.717, 1.165) is 0 Å². The van der Waals surface area contributed by atoms with Crippen molar-refractivity contribution in [3.05, 3.63) is 63.9 Å². The van der Waals surface area contributed by atoms with Crippen molar-refractivity contribution >= 4 is 27.5 Å². The number of halogens is 2. The van der Waals surface area contributed by atoms with Gasteiger partial charge in [-0.25, -0.2) is 4.39 Å². The maximum atomic E-state index is 13.2. The van der Waals surface area contributed by atoms with Gasteiger partial charge in [-0.05, 0) is 58.4 Å². The standard InChI is InChI=1S/C15H10BrFN2O/c1-19(12-5-2-10(9-18)3-6-12)15(20)13-8-11(17)4-7-14(13)16/h2-8H,1H3. The molecular formula is C15H10BrFN2O. The van der Waals surface area contributed by atoms with Crippen LogP contribution in [0.4, 0.5) is 10.1 Å². The molecule has 2 aromatic carbocycles. The Morgan fingerprint density at radius 2 is 1.90 bits per heavy atom. The first-order chi connectivity index (χ1) is 9.52. The minimum atomic E-state index is -0.468. The molecule has 0 aromatic heterocycles. The summed E-state index contributed by atoms with van der Waals surface area (Å²) in [6, 6.07) is 12.6. The third kappa shape index (κ3) is 2.86. The van der Waals surface area contributed by atoms with Gasteiger partial charge in [-0.2, -0.15) is 5.26 Å². The molecule has 0 aliphatic heterocycles. The maximum absolute atomic E-state index is 13.2. The molecule has 2 aromatic rings. The van der Waals surface area contributed by atoms with Crippen LogP contribution in [0.2, 0.25) is 0 Å². The average molecular weight is 333 g/mol. The summed E-state index contributed by atoms with van der Waals surface area (Å²) in [5.41, 5.74) is 1.39. The molecule has 0 bridgehead atoms. The van der Waals surface area contributed by atoms with Crippen molar-refractivity contribution in [2.45, 2.75) is 0 Å². The summed E-state index contributed by atoms with van der Waals surface area (Å²) in [6.45, 7) is 0. The van der Waals surface area contributed by atoms with Crippen LogP contribution in [0.15, 0.2) is 46.9 Å². The zero-order chi connectivity index (χ0) is 14.7. The summed E-state index contributed by atoms with van der Waals surface area (Å²) in [5, 5.41) is 8.74. The molecule has 0 unspecified atom stereocenters. The van der Waals surface area contributed by atoms with E-state index in [2.05, 4.69) is 15.9 Å². The van der Waals surface area contributed by atoms with E-state index < -0.39 is 5.82 Å². The van der Waals surface area contributed by atoms with Crippen LogP contribution in [0.5, 0.6) is 0 Å². The Hall–Kier alpha value is -2.19. The minimum Gasteiger partial charge on any atom is -0.311 e. The topological polar surface area (TPSA) is 44.1 Å². The highest BCUT2D eigenvalue weighted by atomic mass is 79.9. The second-order valence-electron chi connectivity index (χ2n) is 4.15. The van der Waals surface area contributed by atoms with E-state index in [1.54, 1.807) is 31.3 Å². The van der Waals surface area contributed by atoms with E-state index in [9.17, 15) is 9.18 Å². The number of nitriles is 1. The van der Waals surface area contributed by atoms with E-state index in [1.165, 1.54) is 23.1 Å². The molecule has 0 saturated heterocycles. The second-order valence-corrected chi connectivity index (χ2v) is 5.00. The molecule has 0 heterocycles. The van der Waals surface area contributed by atoms with Gasteiger partial charge in [0.05, 0.1) is 17.2 Å². The summed E-state index contributed by atoms with van der Waals surface area (Å²) in [4.78, 5) is 13.7. The van der Waals surface area contributed by atoms with E-state index in [0.29, 0.717) is 15.7 Å². The predicted octanol–water partition coefficient (Wildman–Crippen LogP) is 3.74. The number of carbonyl (C=O) groups excluding carboxylic acids is 1. The fraction of sp³-hybridized carbons (Fsp3) is 0.0667. The smallest absolute Gasteiger partial charge is 0.259 e. The molecule has 0 atom stereocenters. The van der Waals surface area contributed by atoms with Gasteiger partial charge in [0.2, 0.25) is 0 Å². The first-order valence-electron chi connectivity index (χ1n) is 5.76. The Balaban J connectivity index is 2.32. The van der Waals surface area contributed by atoms with Crippen molar-refractivity contribution in [1.29, 1.82) is 5.26 Å². The van der Waals surface area contributed by atoms with Crippen LogP contribution in [0.25, 0.3) is 0 Å². The number of hydrogen-bond donors (Lipinski definition) is 0. The van der Waals surface area contributed by atoms with Crippen molar-refractivity contribution in [1.82, 2.24) is 0 Å². The number of rotatable bonds is 2. The quantitative estimate of drug-likeness (QED) is 0.840. The lowest BCUT2D eigenvalue weighted by molar-refractivity contribution is 0.0992. The monoisotopic (exact) mass is 332 g/mol. The molecule has 0 spiro atoms. The molecule has 2 rings (SSSR count). The van der Waals surface area contributed by atoms with Crippen molar-refractivity contribution < 1.29 is 9.18 Å². The molecule has 0 saturated carbocycles. The van der Waals surface area contributed by atoms with Gasteiger partial charge in [0.1, 0.15) is 5.82 Å². The van der Waals surface area contributed by atoms with Crippen molar-refractivity contribution in [2.24, 2.45) is 0 Å². The van der Waals surface area contributed by atoms with Gasteiger partial charge in [-0.3, -0.25) is 4.79 Å². The Labute approximate surface area is 124 Å². The van der Waals surface area contributed by atoms with Crippen LogP contribution >= 0.6 is 15.9 Å². The first-order valence-corrected chi connectivity index (χ1v) is 6.55. The number of carbonyl (C=O) groups is 1. The predicted molar refractivity (Wildman–Crippen MR) is 78.0 cm³/mol. The minimum absolute atomic E-state index is 0.247. The van der Waals surface area contributed by atoms with Crippen molar-refractivity contribution in [3.8, 4) is 6.07 Å². The summed E-state index contributed by atoms with van der Waals surface area (Å²) in [6.07, 6.45) is 0. The van der Waals surface area contributed by atoms with Crippen LogP contribution in [0.3, 0.4) is 0 Å². The zero-order valence-electron chi connectivity index (χ0n) is 10.6. The van der Waals surface area contributed by atoms with Crippen LogP contribution in [-0.4, -0.2) is 13.0 Å². The highest BCUT2D eigenvalue weighted by molar-refractivity contribution is 9.10. The molecule has 0 aliphatic carbocycles. The van der Waals surface area contributed by atoms with E-state index >= 15 is 0 Å². The molecule has 0 fully saturated rings. The lowest BCUT2D eigenvalue weighted by Gasteiger charge is -2.18. The summed E-state index contributed by atoms with van der Waals surface area (Å²) in [5.74, 6) is -0.800. The summed E-state index contributed by atoms with van der Waals surface area (Å²) < 4.78 is 13.8. The van der Waals surface area contributed by atoms with Gasteiger partial charge < -0.3 is 4.90 Å². The van der Waals surface area contributed by atoms with E-state index in [1.807, 2.05) is 6.07 Å². The van der Waals surface area contributed by atoms with Gasteiger partial charge in [0.15, 0.2) is 0 Å². The third-order valence-corrected chi connectivity index (χ3v) is 3.54. The van der Waals surface area contributed by atoms with E-state index in [-0.39, 0.29) is 11.5 Å². The molecule has 20 heavy (non-hydrogen) atoms. The normalized spacial score (nSPS) is 9.90. The molecule has 100 valence electrons. The third-order valence-electron chi connectivity index (χ3n) is 2.85. The molecule has 1 amide bonds. The molecule has 3 nitrogen and oxygen atoms in total. The number of nitrogens with zero attached hydrogens (tertiary/aromatic N) is 2. The molecule has 5 heteroatoms. The van der Waals surface area contributed by atoms with Gasteiger partial charge >= 0.3 is 0 Å². The summed E-state index contributed by atoms with van der Waals surface area (Å²) in [7, 11) is 1.60. The van der Waals surface area contributed by atoms with Crippen LogP contribution in [0.1, 0.15) is 15.9 Å². The van der Waals surface area contributed by atoms with Crippen LogP contribution in [-0.2, 0) is 0 Å². The molecule has 0 N–H and O–H groups in total. The van der Waals surface area contributed by atoms with Gasteiger partial charge in [0.25, 0.3) is 5.91 Å². The lowest BCUT2D eigenvalue weighted by atomic mass is 10.1. The Bertz CT molecular complexity index is 692. The fourth-order valence-corrected chi connectivity index (χ4v) is 2.14. The zero-order valence-corrected chi connectivity index (χ0v) is 12.2. The number of hydrogen-bond acceptors (Lipinski definition) is 2. The Morgan fingerprint density at radius 3 is 2.50 bits per heavy atom. The van der Waals surface area contributed by atoms with Crippen LogP contribution in [0, 0.1) is 17.1 Å². The van der Waals surface area contributed by atoms with Gasteiger partial charge in [-0.15, -0.1) is 0 Å². The van der Waals surface area contributed by atoms with Crippen LogP contribution < -0.4 is 4.90 Å². The molecule has 0 aliphatic rings. The number of benzene rings is 2. The molecular weight excluding hydrogens is 323 g/mol.